The minimum atomic E-state index is -0.788. The summed E-state index contributed by atoms with van der Waals surface area (Å²) in [6, 6.07) is 0. The van der Waals surface area contributed by atoms with Gasteiger partial charge in [-0.1, -0.05) is 18.2 Å². The lowest BCUT2D eigenvalue weighted by Crippen LogP contribution is -2.54. The zero-order chi connectivity index (χ0) is 12.3. The number of nitrogens with zero attached hydrogens (tertiary/aromatic N) is 1. The van der Waals surface area contributed by atoms with Crippen molar-refractivity contribution in [3.63, 3.8) is 0 Å². The summed E-state index contributed by atoms with van der Waals surface area (Å²) >= 11 is 1.65. The lowest BCUT2D eigenvalue weighted by Gasteiger charge is -2.27. The predicted molar refractivity (Wildman–Crippen MR) is 67.4 cm³/mol. The summed E-state index contributed by atoms with van der Waals surface area (Å²) in [4.78, 5) is 18.6. The molecule has 0 spiro atoms. The Balaban J connectivity index is 1.84. The van der Waals surface area contributed by atoms with E-state index in [1.165, 1.54) is 0 Å². The van der Waals surface area contributed by atoms with Gasteiger partial charge in [-0.25, -0.2) is 4.98 Å². The third kappa shape index (κ3) is 2.63. The second-order valence-electron chi connectivity index (χ2n) is 4.53. The third-order valence-corrected chi connectivity index (χ3v) is 4.45. The molecule has 1 amide bonds. The second kappa shape index (κ2) is 5.10. The minimum absolute atomic E-state index is 0.211. The molecule has 5 N–H and O–H groups in total. The zero-order valence-electron chi connectivity index (χ0n) is 9.69. The van der Waals surface area contributed by atoms with Crippen molar-refractivity contribution in [2.75, 3.05) is 5.75 Å². The monoisotopic (exact) mass is 254 g/mol. The molecule has 2 unspecified atom stereocenters. The van der Waals surface area contributed by atoms with Crippen LogP contribution in [0, 0.1) is 5.92 Å². The molecule has 1 fully saturated rings. The molecular weight excluding hydrogens is 236 g/mol. The second-order valence-corrected chi connectivity index (χ2v) is 5.61. The van der Waals surface area contributed by atoms with E-state index in [2.05, 4.69) is 9.97 Å². The number of hydrogen-bond acceptors (Lipinski definition) is 4. The molecule has 2 rings (SSSR count). The summed E-state index contributed by atoms with van der Waals surface area (Å²) in [7, 11) is 0. The van der Waals surface area contributed by atoms with E-state index in [0.717, 1.165) is 36.6 Å². The molecule has 1 heterocycles. The van der Waals surface area contributed by atoms with Gasteiger partial charge in [0.15, 0.2) is 5.16 Å². The van der Waals surface area contributed by atoms with Gasteiger partial charge in [0.1, 0.15) is 0 Å². The number of thioether (sulfide) groups is 1. The fraction of sp³-hybridized carbons (Fsp3) is 0.636. The van der Waals surface area contributed by atoms with Crippen LogP contribution in [0.4, 0.5) is 0 Å². The van der Waals surface area contributed by atoms with Gasteiger partial charge in [-0.2, -0.15) is 0 Å². The molecule has 0 aromatic carbocycles. The van der Waals surface area contributed by atoms with Gasteiger partial charge >= 0.3 is 0 Å². The van der Waals surface area contributed by atoms with Crippen LogP contribution in [-0.2, 0) is 4.79 Å². The van der Waals surface area contributed by atoms with Crippen LogP contribution < -0.4 is 11.5 Å². The fourth-order valence-electron chi connectivity index (χ4n) is 2.46. The summed E-state index contributed by atoms with van der Waals surface area (Å²) in [5, 5.41) is 0.907. The SMILES string of the molecule is NC(=O)C1(N)CCCC1CCSc1ncc[nH]1. The van der Waals surface area contributed by atoms with Crippen molar-refractivity contribution in [3.05, 3.63) is 12.4 Å². The third-order valence-electron chi connectivity index (χ3n) is 3.51. The van der Waals surface area contributed by atoms with Crippen LogP contribution in [0.1, 0.15) is 25.7 Å². The van der Waals surface area contributed by atoms with E-state index in [4.69, 9.17) is 11.5 Å². The largest absolute Gasteiger partial charge is 0.368 e. The van der Waals surface area contributed by atoms with Crippen molar-refractivity contribution in [2.45, 2.75) is 36.4 Å². The highest BCUT2D eigenvalue weighted by Gasteiger charge is 2.43. The molecular formula is C11H18N4OS. The topological polar surface area (TPSA) is 97.8 Å². The average molecular weight is 254 g/mol. The molecule has 1 aliphatic carbocycles. The first-order valence-corrected chi connectivity index (χ1v) is 6.82. The number of aromatic amines is 1. The van der Waals surface area contributed by atoms with Crippen molar-refractivity contribution >= 4 is 17.7 Å². The summed E-state index contributed by atoms with van der Waals surface area (Å²) in [5.41, 5.74) is 10.7. The standard InChI is InChI=1S/C11H18N4OS/c12-9(16)11(13)4-1-2-8(11)3-7-17-10-14-5-6-15-10/h5-6,8H,1-4,7,13H2,(H2,12,16)(H,14,15). The van der Waals surface area contributed by atoms with Crippen LogP contribution in [0.5, 0.6) is 0 Å². The number of aromatic nitrogens is 2. The van der Waals surface area contributed by atoms with Crippen molar-refractivity contribution < 1.29 is 4.79 Å². The Morgan fingerprint density at radius 3 is 3.18 bits per heavy atom. The molecule has 2 atom stereocenters. The molecule has 1 saturated carbocycles. The van der Waals surface area contributed by atoms with E-state index in [1.807, 2.05) is 0 Å². The minimum Gasteiger partial charge on any atom is -0.368 e. The number of nitrogens with one attached hydrogen (secondary N) is 1. The first kappa shape index (κ1) is 12.4. The maximum atomic E-state index is 11.4. The average Bonchev–Trinajstić information content (AvgIpc) is 2.90. The lowest BCUT2D eigenvalue weighted by atomic mass is 9.85. The highest BCUT2D eigenvalue weighted by Crippen LogP contribution is 2.36. The van der Waals surface area contributed by atoms with Gasteiger partial charge < -0.3 is 16.5 Å². The number of amides is 1. The van der Waals surface area contributed by atoms with E-state index in [1.54, 1.807) is 24.2 Å². The molecule has 0 aliphatic heterocycles. The maximum absolute atomic E-state index is 11.4. The van der Waals surface area contributed by atoms with Crippen molar-refractivity contribution in [2.24, 2.45) is 17.4 Å². The summed E-state index contributed by atoms with van der Waals surface area (Å²) in [6.45, 7) is 0. The van der Waals surface area contributed by atoms with Crippen LogP contribution in [-0.4, -0.2) is 27.2 Å². The fourth-order valence-corrected chi connectivity index (χ4v) is 3.34. The highest BCUT2D eigenvalue weighted by molar-refractivity contribution is 7.99. The number of rotatable bonds is 5. The predicted octanol–water partition coefficient (Wildman–Crippen LogP) is 0.875. The van der Waals surface area contributed by atoms with E-state index in [-0.39, 0.29) is 11.8 Å². The van der Waals surface area contributed by atoms with Gasteiger partial charge in [0.05, 0.1) is 5.54 Å². The van der Waals surface area contributed by atoms with Crippen LogP contribution in [0.2, 0.25) is 0 Å². The number of nitrogens with two attached hydrogens (primary N) is 2. The van der Waals surface area contributed by atoms with E-state index in [9.17, 15) is 4.79 Å². The van der Waals surface area contributed by atoms with Gasteiger partial charge in [0.2, 0.25) is 5.91 Å². The molecule has 1 aliphatic rings. The number of carbonyl (C=O) groups excluding carboxylic acids is 1. The quantitative estimate of drug-likeness (QED) is 0.679. The van der Waals surface area contributed by atoms with Crippen LogP contribution >= 0.6 is 11.8 Å². The molecule has 0 radical (unpaired) electrons. The van der Waals surface area contributed by atoms with E-state index < -0.39 is 5.54 Å². The molecule has 5 nitrogen and oxygen atoms in total. The molecule has 17 heavy (non-hydrogen) atoms. The molecule has 94 valence electrons. The first-order chi connectivity index (χ1) is 8.13. The number of imidazole rings is 1. The Morgan fingerprint density at radius 2 is 2.53 bits per heavy atom. The number of primary amides is 1. The Kier molecular flexibility index (Phi) is 3.73. The van der Waals surface area contributed by atoms with Gasteiger partial charge in [0, 0.05) is 18.1 Å². The van der Waals surface area contributed by atoms with Crippen molar-refractivity contribution in [1.82, 2.24) is 9.97 Å². The van der Waals surface area contributed by atoms with Gasteiger partial charge in [-0.15, -0.1) is 0 Å². The Bertz CT molecular complexity index is 381. The van der Waals surface area contributed by atoms with E-state index in [0.29, 0.717) is 0 Å². The molecule has 1 aromatic rings. The lowest BCUT2D eigenvalue weighted by molar-refractivity contribution is -0.124. The van der Waals surface area contributed by atoms with E-state index >= 15 is 0 Å². The smallest absolute Gasteiger partial charge is 0.237 e. The normalized spacial score (nSPS) is 28.4. The maximum Gasteiger partial charge on any atom is 0.237 e. The molecule has 0 saturated heterocycles. The number of H-pyrrole nitrogens is 1. The van der Waals surface area contributed by atoms with Crippen molar-refractivity contribution in [1.29, 1.82) is 0 Å². The Morgan fingerprint density at radius 1 is 1.71 bits per heavy atom. The van der Waals surface area contributed by atoms with Gasteiger partial charge in [-0.3, -0.25) is 4.79 Å². The molecule has 0 bridgehead atoms. The summed E-state index contributed by atoms with van der Waals surface area (Å²) in [6.07, 6.45) is 7.15. The Hall–Kier alpha value is -1.01. The molecule has 6 heteroatoms. The number of hydrogen-bond donors (Lipinski definition) is 3. The zero-order valence-corrected chi connectivity index (χ0v) is 10.5. The highest BCUT2D eigenvalue weighted by atomic mass is 32.2. The van der Waals surface area contributed by atoms with Crippen molar-refractivity contribution in [3.8, 4) is 0 Å². The molecule has 1 aromatic heterocycles. The van der Waals surface area contributed by atoms with Crippen LogP contribution in [0.25, 0.3) is 0 Å². The first-order valence-electron chi connectivity index (χ1n) is 5.84. The van der Waals surface area contributed by atoms with Gasteiger partial charge in [0.25, 0.3) is 0 Å². The Labute approximate surface area is 105 Å². The van der Waals surface area contributed by atoms with Crippen LogP contribution in [0.3, 0.4) is 0 Å². The van der Waals surface area contributed by atoms with Crippen LogP contribution in [0.15, 0.2) is 17.6 Å². The number of carbonyl (C=O) groups is 1. The van der Waals surface area contributed by atoms with Gasteiger partial charge in [-0.05, 0) is 25.2 Å². The summed E-state index contributed by atoms with van der Waals surface area (Å²) < 4.78 is 0. The summed E-state index contributed by atoms with van der Waals surface area (Å²) in [5.74, 6) is 0.759.